The van der Waals surface area contributed by atoms with Crippen LogP contribution in [0.15, 0.2) is 36.4 Å². The Bertz CT molecular complexity index is 1200. The van der Waals surface area contributed by atoms with Crippen LogP contribution in [-0.4, -0.2) is 96.8 Å². The Morgan fingerprint density at radius 1 is 0.810 bits per heavy atom. The Hall–Kier alpha value is -1.74. The van der Waals surface area contributed by atoms with E-state index in [-0.39, 0.29) is 36.6 Å². The predicted molar refractivity (Wildman–Crippen MR) is 154 cm³/mol. The number of ether oxygens (including phenoxy) is 1. The second-order valence-electron chi connectivity index (χ2n) is 13.5. The van der Waals surface area contributed by atoms with Crippen molar-refractivity contribution < 1.29 is 44.2 Å². The molecule has 0 radical (unpaired) electrons. The smallest absolute Gasteiger partial charge is 0.261 e. The van der Waals surface area contributed by atoms with Gasteiger partial charge in [-0.25, -0.2) is 0 Å². The molecule has 2 amide bonds. The van der Waals surface area contributed by atoms with Crippen molar-refractivity contribution in [1.82, 2.24) is 14.7 Å². The first-order valence-electron chi connectivity index (χ1n) is 15.5. The molecule has 4 saturated carbocycles. The first-order chi connectivity index (χ1) is 19.5. The van der Waals surface area contributed by atoms with Crippen LogP contribution in [0, 0.1) is 23.2 Å². The molecule has 2 heterocycles. The second kappa shape index (κ2) is 13.1. The maximum atomic E-state index is 13.2. The number of carbonyl (C=O) groups is 2. The largest absolute Gasteiger partial charge is 1.00 e. The Morgan fingerprint density at radius 2 is 1.36 bits per heavy atom. The number of piperazine rings is 1. The summed E-state index contributed by atoms with van der Waals surface area (Å²) in [5.74, 6) is 2.53. The van der Waals surface area contributed by atoms with Gasteiger partial charge in [0.2, 0.25) is 0 Å². The minimum atomic E-state index is -0.464. The van der Waals surface area contributed by atoms with Crippen molar-refractivity contribution in [3.8, 4) is 0 Å². The molecular formula is C33H43Cl2N3O4-2. The van der Waals surface area contributed by atoms with E-state index in [1.54, 1.807) is 0 Å². The molecule has 2 aliphatic heterocycles. The van der Waals surface area contributed by atoms with Crippen molar-refractivity contribution in [1.29, 1.82) is 0 Å². The van der Waals surface area contributed by atoms with E-state index >= 15 is 0 Å². The minimum Gasteiger partial charge on any atom is -1.00 e. The van der Waals surface area contributed by atoms with Gasteiger partial charge in [-0.1, -0.05) is 24.3 Å². The van der Waals surface area contributed by atoms with Crippen molar-refractivity contribution in [3.63, 3.8) is 0 Å². The van der Waals surface area contributed by atoms with Crippen molar-refractivity contribution >= 4 is 22.6 Å². The van der Waals surface area contributed by atoms with Gasteiger partial charge in [0.05, 0.1) is 12.7 Å². The van der Waals surface area contributed by atoms with Gasteiger partial charge in [-0.05, 0) is 85.6 Å². The minimum absolute atomic E-state index is 0. The molecule has 0 spiro atoms. The van der Waals surface area contributed by atoms with Gasteiger partial charge in [-0.3, -0.25) is 24.3 Å². The molecule has 2 aromatic rings. The van der Waals surface area contributed by atoms with Gasteiger partial charge in [-0.2, -0.15) is 0 Å². The highest BCUT2D eigenvalue weighted by atomic mass is 35.5. The molecule has 1 unspecified atom stereocenters. The SMILES string of the molecule is O=C1c2cccc3cccc(c23)C(=O)N1CCN1CCN(CC(O)COCCC23CC4CC(CC(C4)C2)C3)CC1.[Cl-].[Cl-]. The molecule has 0 aromatic heterocycles. The third-order valence-electron chi connectivity index (χ3n) is 10.7. The fourth-order valence-corrected chi connectivity index (χ4v) is 9.18. The molecular weight excluding hydrogens is 573 g/mol. The Labute approximate surface area is 261 Å². The molecule has 6 aliphatic rings. The van der Waals surface area contributed by atoms with Crippen LogP contribution in [0.1, 0.15) is 65.7 Å². The number of carbonyl (C=O) groups excluding carboxylic acids is 2. The maximum absolute atomic E-state index is 13.2. The van der Waals surface area contributed by atoms with E-state index in [1.165, 1.54) is 49.8 Å². The molecule has 2 aromatic carbocycles. The number of imide groups is 1. The number of rotatable bonds is 10. The molecule has 4 bridgehead atoms. The monoisotopic (exact) mass is 615 g/mol. The number of aliphatic hydroxyl groups excluding tert-OH is 1. The van der Waals surface area contributed by atoms with Crippen LogP contribution in [0.4, 0.5) is 0 Å². The summed E-state index contributed by atoms with van der Waals surface area (Å²) in [6.07, 6.45) is 9.39. The zero-order chi connectivity index (χ0) is 27.3. The fourth-order valence-electron chi connectivity index (χ4n) is 9.18. The lowest BCUT2D eigenvalue weighted by Gasteiger charge is -2.57. The summed E-state index contributed by atoms with van der Waals surface area (Å²) in [5, 5.41) is 12.4. The summed E-state index contributed by atoms with van der Waals surface area (Å²) >= 11 is 0. The zero-order valence-corrected chi connectivity index (χ0v) is 25.9. The lowest BCUT2D eigenvalue weighted by molar-refractivity contribution is -0.0744. The summed E-state index contributed by atoms with van der Waals surface area (Å²) in [4.78, 5) is 32.4. The fraction of sp³-hybridized carbons (Fsp3) is 0.636. The van der Waals surface area contributed by atoms with E-state index in [1.807, 2.05) is 36.4 Å². The molecule has 42 heavy (non-hydrogen) atoms. The number of nitrogens with zero attached hydrogens (tertiary/aromatic N) is 3. The van der Waals surface area contributed by atoms with Crippen LogP contribution in [0.3, 0.4) is 0 Å². The van der Waals surface area contributed by atoms with Crippen molar-refractivity contribution in [2.45, 2.75) is 51.0 Å². The molecule has 9 heteroatoms. The quantitative estimate of drug-likeness (QED) is 0.247. The number of amides is 2. The van der Waals surface area contributed by atoms with Crippen molar-refractivity contribution in [3.05, 3.63) is 47.5 Å². The molecule has 5 fully saturated rings. The van der Waals surface area contributed by atoms with Crippen LogP contribution >= 0.6 is 0 Å². The van der Waals surface area contributed by atoms with E-state index in [9.17, 15) is 14.7 Å². The standard InChI is InChI=1S/C33H43N3O4.2ClH/c37-27(22-40-14-7-33-18-23-15-24(19-33)17-25(16-23)20-33)21-35-10-8-34(9-11-35)12-13-36-31(38)28-5-1-3-26-4-2-6-29(30(26)28)32(36)39;;/h1-6,23-25,27,37H,7-22H2;2*1H/p-2. The highest BCUT2D eigenvalue weighted by molar-refractivity contribution is 6.25. The summed E-state index contributed by atoms with van der Waals surface area (Å²) in [6, 6.07) is 11.3. The third-order valence-corrected chi connectivity index (χ3v) is 10.7. The van der Waals surface area contributed by atoms with Crippen LogP contribution < -0.4 is 24.8 Å². The van der Waals surface area contributed by atoms with Gasteiger partial charge in [0.1, 0.15) is 0 Å². The van der Waals surface area contributed by atoms with E-state index in [0.717, 1.165) is 61.3 Å². The van der Waals surface area contributed by atoms with Gasteiger partial charge in [-0.15, -0.1) is 0 Å². The van der Waals surface area contributed by atoms with Gasteiger partial charge >= 0.3 is 0 Å². The number of halogens is 2. The van der Waals surface area contributed by atoms with Crippen molar-refractivity contribution in [2.24, 2.45) is 23.2 Å². The Kier molecular flexibility index (Phi) is 9.87. The van der Waals surface area contributed by atoms with E-state index in [4.69, 9.17) is 4.74 Å². The Balaban J connectivity index is 0.00000176. The average molecular weight is 617 g/mol. The van der Waals surface area contributed by atoms with E-state index < -0.39 is 6.10 Å². The number of hydrogen-bond acceptors (Lipinski definition) is 6. The summed E-state index contributed by atoms with van der Waals surface area (Å²) in [6.45, 7) is 6.35. The topological polar surface area (TPSA) is 73.3 Å². The molecule has 1 saturated heterocycles. The first-order valence-corrected chi connectivity index (χ1v) is 15.5. The third kappa shape index (κ3) is 6.24. The second-order valence-corrected chi connectivity index (χ2v) is 13.5. The number of β-amino-alcohol motifs (C(OH)–C–C–N with tert-alkyl or cyclic N) is 1. The predicted octanol–water partition coefficient (Wildman–Crippen LogP) is -1.95. The number of hydrogen-bond donors (Lipinski definition) is 1. The normalized spacial score (nSPS) is 29.5. The summed E-state index contributed by atoms with van der Waals surface area (Å²) in [7, 11) is 0. The molecule has 1 atom stereocenters. The van der Waals surface area contributed by atoms with Crippen LogP contribution in [0.25, 0.3) is 10.8 Å². The lowest BCUT2D eigenvalue weighted by Crippen LogP contribution is -3.00. The number of benzene rings is 2. The van der Waals surface area contributed by atoms with Gasteiger partial charge < -0.3 is 34.7 Å². The van der Waals surface area contributed by atoms with Gasteiger partial charge in [0.25, 0.3) is 11.8 Å². The highest BCUT2D eigenvalue weighted by Gasteiger charge is 2.50. The van der Waals surface area contributed by atoms with Gasteiger partial charge in [0, 0.05) is 68.9 Å². The average Bonchev–Trinajstić information content (AvgIpc) is 2.94. The summed E-state index contributed by atoms with van der Waals surface area (Å²) in [5.41, 5.74) is 1.77. The highest BCUT2D eigenvalue weighted by Crippen LogP contribution is 2.61. The summed E-state index contributed by atoms with van der Waals surface area (Å²) < 4.78 is 6.01. The van der Waals surface area contributed by atoms with Crippen LogP contribution in [0.5, 0.6) is 0 Å². The molecule has 7 nitrogen and oxygen atoms in total. The molecule has 4 aliphatic carbocycles. The van der Waals surface area contributed by atoms with Crippen LogP contribution in [0.2, 0.25) is 0 Å². The molecule has 230 valence electrons. The molecule has 8 rings (SSSR count). The first kappa shape index (κ1) is 31.7. The van der Waals surface area contributed by atoms with E-state index in [0.29, 0.717) is 42.8 Å². The lowest BCUT2D eigenvalue weighted by atomic mass is 9.49. The van der Waals surface area contributed by atoms with Crippen LogP contribution in [-0.2, 0) is 4.74 Å². The zero-order valence-electron chi connectivity index (χ0n) is 24.4. The van der Waals surface area contributed by atoms with Gasteiger partial charge in [0.15, 0.2) is 0 Å². The molecule has 1 N–H and O–H groups in total. The Morgan fingerprint density at radius 3 is 1.93 bits per heavy atom. The van der Waals surface area contributed by atoms with E-state index in [2.05, 4.69) is 9.80 Å². The van der Waals surface area contributed by atoms with Crippen molar-refractivity contribution in [2.75, 3.05) is 59.0 Å². The maximum Gasteiger partial charge on any atom is 0.261 e. The number of aliphatic hydroxyl groups is 1.